The Kier molecular flexibility index (Phi) is 5.69. The molecular formula is C29H22N8S. The van der Waals surface area contributed by atoms with E-state index in [0.29, 0.717) is 11.5 Å². The van der Waals surface area contributed by atoms with E-state index in [9.17, 15) is 0 Å². The van der Waals surface area contributed by atoms with Crippen molar-refractivity contribution in [1.82, 2.24) is 40.4 Å². The monoisotopic (exact) mass is 514 g/mol. The summed E-state index contributed by atoms with van der Waals surface area (Å²) in [4.78, 5) is 23.1. The quantitative estimate of drug-likeness (QED) is 0.242. The first-order valence-electron chi connectivity index (χ1n) is 12.2. The minimum Gasteiger partial charge on any atom is -0.336 e. The van der Waals surface area contributed by atoms with E-state index in [1.54, 1.807) is 17.5 Å². The average Bonchev–Trinajstić information content (AvgIpc) is 3.73. The van der Waals surface area contributed by atoms with Crippen LogP contribution in [0.15, 0.2) is 90.8 Å². The van der Waals surface area contributed by atoms with Crippen molar-refractivity contribution in [3.63, 3.8) is 0 Å². The lowest BCUT2D eigenvalue weighted by Gasteiger charge is -2.07. The highest BCUT2D eigenvalue weighted by Crippen LogP contribution is 2.32. The van der Waals surface area contributed by atoms with Gasteiger partial charge in [-0.3, -0.25) is 15.1 Å². The van der Waals surface area contributed by atoms with Gasteiger partial charge < -0.3 is 10.3 Å². The van der Waals surface area contributed by atoms with Crippen LogP contribution in [0.1, 0.15) is 11.1 Å². The van der Waals surface area contributed by atoms with Gasteiger partial charge in [-0.15, -0.1) is 11.3 Å². The van der Waals surface area contributed by atoms with E-state index < -0.39 is 0 Å². The van der Waals surface area contributed by atoms with Crippen LogP contribution < -0.4 is 5.32 Å². The number of nitrogens with zero attached hydrogens (tertiary/aromatic N) is 5. The summed E-state index contributed by atoms with van der Waals surface area (Å²) in [5.41, 5.74) is 8.35. The molecule has 0 unspecified atom stereocenters. The fraction of sp³-hybridized carbons (Fsp3) is 0.0690. The summed E-state index contributed by atoms with van der Waals surface area (Å²) in [7, 11) is 0. The number of rotatable bonds is 7. The third-order valence-corrected chi connectivity index (χ3v) is 7.30. The van der Waals surface area contributed by atoms with E-state index >= 15 is 0 Å². The maximum absolute atomic E-state index is 4.89. The van der Waals surface area contributed by atoms with Crippen molar-refractivity contribution in [3.8, 4) is 33.2 Å². The molecule has 1 aromatic carbocycles. The number of H-pyrrole nitrogens is 2. The molecule has 0 radical (unpaired) electrons. The van der Waals surface area contributed by atoms with Crippen molar-refractivity contribution >= 4 is 33.4 Å². The number of hydrogen-bond acceptors (Lipinski definition) is 7. The lowest BCUT2D eigenvalue weighted by molar-refractivity contribution is 0.691. The van der Waals surface area contributed by atoms with Gasteiger partial charge in [-0.1, -0.05) is 36.4 Å². The Morgan fingerprint density at radius 2 is 1.71 bits per heavy atom. The number of imidazole rings is 1. The molecule has 38 heavy (non-hydrogen) atoms. The minimum atomic E-state index is 0.674. The van der Waals surface area contributed by atoms with Crippen LogP contribution in [0.25, 0.3) is 55.3 Å². The first-order chi connectivity index (χ1) is 18.8. The predicted octanol–water partition coefficient (Wildman–Crippen LogP) is 5.98. The number of thiophene rings is 1. The minimum absolute atomic E-state index is 0.674. The van der Waals surface area contributed by atoms with Gasteiger partial charge >= 0.3 is 0 Å². The molecule has 0 atom stereocenters. The number of benzene rings is 1. The summed E-state index contributed by atoms with van der Waals surface area (Å²) >= 11 is 1.65. The van der Waals surface area contributed by atoms with Gasteiger partial charge in [0.15, 0.2) is 11.5 Å². The summed E-state index contributed by atoms with van der Waals surface area (Å²) < 4.78 is 0. The SMILES string of the molecule is c1ccc(CNCc2cncc(-c3cnc4[nH]nc(-c5nc6c(-c7cccs7)nccc6[nH]5)c4c3)c2)cc1. The molecule has 0 aliphatic heterocycles. The number of hydrogen-bond donors (Lipinski definition) is 3. The largest absolute Gasteiger partial charge is 0.336 e. The number of pyridine rings is 3. The molecule has 184 valence electrons. The van der Waals surface area contributed by atoms with Crippen LogP contribution in [-0.2, 0) is 13.1 Å². The molecule has 0 aliphatic carbocycles. The maximum atomic E-state index is 4.89. The van der Waals surface area contributed by atoms with E-state index in [-0.39, 0.29) is 0 Å². The Bertz CT molecular complexity index is 1850. The van der Waals surface area contributed by atoms with E-state index in [4.69, 9.17) is 4.98 Å². The zero-order valence-electron chi connectivity index (χ0n) is 20.2. The molecule has 7 rings (SSSR count). The van der Waals surface area contributed by atoms with Crippen molar-refractivity contribution in [1.29, 1.82) is 0 Å². The molecule has 9 heteroatoms. The molecule has 0 saturated carbocycles. The van der Waals surface area contributed by atoms with Gasteiger partial charge in [0, 0.05) is 49.0 Å². The van der Waals surface area contributed by atoms with Gasteiger partial charge in [0.05, 0.1) is 15.8 Å². The Morgan fingerprint density at radius 3 is 2.61 bits per heavy atom. The Balaban J connectivity index is 1.20. The fourth-order valence-electron chi connectivity index (χ4n) is 4.57. The van der Waals surface area contributed by atoms with Crippen molar-refractivity contribution in [3.05, 3.63) is 102 Å². The highest BCUT2D eigenvalue weighted by Gasteiger charge is 2.17. The molecule has 0 bridgehead atoms. The van der Waals surface area contributed by atoms with Crippen LogP contribution in [0.3, 0.4) is 0 Å². The number of aromatic nitrogens is 7. The van der Waals surface area contributed by atoms with E-state index in [1.807, 2.05) is 42.2 Å². The lowest BCUT2D eigenvalue weighted by atomic mass is 10.1. The first-order valence-corrected chi connectivity index (χ1v) is 13.1. The Labute approximate surface area is 221 Å². The predicted molar refractivity (Wildman–Crippen MR) is 150 cm³/mol. The van der Waals surface area contributed by atoms with E-state index in [1.165, 1.54) is 5.56 Å². The zero-order valence-corrected chi connectivity index (χ0v) is 21.0. The van der Waals surface area contributed by atoms with Gasteiger partial charge in [-0.2, -0.15) is 5.10 Å². The molecule has 6 aromatic heterocycles. The molecule has 6 heterocycles. The third-order valence-electron chi connectivity index (χ3n) is 6.43. The van der Waals surface area contributed by atoms with Crippen molar-refractivity contribution in [2.45, 2.75) is 13.1 Å². The molecule has 8 nitrogen and oxygen atoms in total. The second-order valence-corrected chi connectivity index (χ2v) is 9.93. The van der Waals surface area contributed by atoms with Gasteiger partial charge in [0.25, 0.3) is 0 Å². The summed E-state index contributed by atoms with van der Waals surface area (Å²) in [5.74, 6) is 0.674. The summed E-state index contributed by atoms with van der Waals surface area (Å²) in [6.45, 7) is 1.53. The normalized spacial score (nSPS) is 11.5. The Morgan fingerprint density at radius 1 is 0.816 bits per heavy atom. The topological polar surface area (TPSA) is 108 Å². The van der Waals surface area contributed by atoms with E-state index in [0.717, 1.165) is 62.5 Å². The van der Waals surface area contributed by atoms with Crippen molar-refractivity contribution < 1.29 is 0 Å². The second kappa shape index (κ2) is 9.62. The van der Waals surface area contributed by atoms with Gasteiger partial charge in [0.2, 0.25) is 0 Å². The highest BCUT2D eigenvalue weighted by atomic mass is 32.1. The van der Waals surface area contributed by atoms with Gasteiger partial charge in [-0.05, 0) is 40.8 Å². The molecule has 0 amide bonds. The van der Waals surface area contributed by atoms with E-state index in [2.05, 4.69) is 77.9 Å². The third kappa shape index (κ3) is 4.23. The highest BCUT2D eigenvalue weighted by molar-refractivity contribution is 7.13. The molecule has 0 fully saturated rings. The fourth-order valence-corrected chi connectivity index (χ4v) is 5.29. The van der Waals surface area contributed by atoms with Crippen molar-refractivity contribution in [2.24, 2.45) is 0 Å². The van der Waals surface area contributed by atoms with Crippen LogP contribution in [0.5, 0.6) is 0 Å². The molecule has 0 saturated heterocycles. The van der Waals surface area contributed by atoms with Crippen LogP contribution in [0, 0.1) is 0 Å². The average molecular weight is 515 g/mol. The lowest BCUT2D eigenvalue weighted by Crippen LogP contribution is -2.12. The molecule has 0 aliphatic rings. The van der Waals surface area contributed by atoms with Crippen LogP contribution >= 0.6 is 11.3 Å². The second-order valence-electron chi connectivity index (χ2n) is 8.98. The Hall–Kier alpha value is -4.73. The molecule has 0 spiro atoms. The molecule has 3 N–H and O–H groups in total. The summed E-state index contributed by atoms with van der Waals surface area (Å²) in [6, 6.07) is 20.6. The number of aromatic amines is 2. The zero-order chi connectivity index (χ0) is 25.3. The van der Waals surface area contributed by atoms with Crippen LogP contribution in [0.4, 0.5) is 0 Å². The standard InChI is InChI=1S/C29H22N8S/c1-2-5-18(6-3-1)13-30-14-19-11-20(16-31-15-19)21-12-22-25(36-37-28(22)33-17-21)29-34-23-8-9-32-27(26(23)35-29)24-7-4-10-38-24/h1-12,15-17,30H,13-14H2,(H,34,35)(H,33,36,37). The maximum Gasteiger partial charge on any atom is 0.159 e. The van der Waals surface area contributed by atoms with Crippen LogP contribution in [-0.4, -0.2) is 35.1 Å². The van der Waals surface area contributed by atoms with Gasteiger partial charge in [0.1, 0.15) is 16.9 Å². The molecular weight excluding hydrogens is 492 g/mol. The summed E-state index contributed by atoms with van der Waals surface area (Å²) in [6.07, 6.45) is 7.41. The number of nitrogens with one attached hydrogen (secondary N) is 3. The first kappa shape index (κ1) is 22.5. The smallest absolute Gasteiger partial charge is 0.159 e. The summed E-state index contributed by atoms with van der Waals surface area (Å²) in [5, 5.41) is 14.0. The molecule has 7 aromatic rings. The van der Waals surface area contributed by atoms with Gasteiger partial charge in [-0.25, -0.2) is 9.97 Å². The van der Waals surface area contributed by atoms with Crippen LogP contribution in [0.2, 0.25) is 0 Å². The van der Waals surface area contributed by atoms with Crippen molar-refractivity contribution in [2.75, 3.05) is 0 Å². The number of fused-ring (bicyclic) bond motifs is 2.